The molecule has 0 saturated heterocycles. The zero-order valence-electron chi connectivity index (χ0n) is 13.2. The lowest BCUT2D eigenvalue weighted by atomic mass is 10.1. The van der Waals surface area contributed by atoms with E-state index in [9.17, 15) is 4.79 Å². The average molecular weight is 333 g/mol. The molecule has 0 atom stereocenters. The summed E-state index contributed by atoms with van der Waals surface area (Å²) in [5.74, 6) is -0.329. The number of esters is 1. The van der Waals surface area contributed by atoms with E-state index in [-0.39, 0.29) is 12.6 Å². The minimum atomic E-state index is -0.329. The number of nitriles is 1. The van der Waals surface area contributed by atoms with Crippen molar-refractivity contribution in [3.05, 3.63) is 81.5 Å². The Morgan fingerprint density at radius 2 is 1.79 bits per heavy atom. The van der Waals surface area contributed by atoms with E-state index in [0.717, 1.165) is 16.7 Å². The van der Waals surface area contributed by atoms with Crippen molar-refractivity contribution in [1.82, 2.24) is 0 Å². The van der Waals surface area contributed by atoms with E-state index >= 15 is 0 Å². The summed E-state index contributed by atoms with van der Waals surface area (Å²) >= 11 is 1.38. The maximum Gasteiger partial charge on any atom is 0.349 e. The fourth-order valence-corrected chi connectivity index (χ4v) is 3.13. The summed E-state index contributed by atoms with van der Waals surface area (Å²) < 4.78 is 5.42. The zero-order valence-corrected chi connectivity index (χ0v) is 14.0. The van der Waals surface area contributed by atoms with Crippen LogP contribution in [0.2, 0.25) is 0 Å². The zero-order chi connectivity index (χ0) is 16.9. The second-order valence-electron chi connectivity index (χ2n) is 5.41. The molecule has 3 aromatic rings. The first kappa shape index (κ1) is 16.0. The third kappa shape index (κ3) is 3.53. The summed E-state index contributed by atoms with van der Waals surface area (Å²) in [4.78, 5) is 13.0. The molecule has 0 unspecified atom stereocenters. The van der Waals surface area contributed by atoms with Gasteiger partial charge in [0.25, 0.3) is 0 Å². The van der Waals surface area contributed by atoms with Crippen LogP contribution in [0.1, 0.15) is 26.4 Å². The van der Waals surface area contributed by atoms with Crippen LogP contribution in [-0.2, 0) is 11.3 Å². The number of aryl methyl sites for hydroxylation is 1. The van der Waals surface area contributed by atoms with Crippen molar-refractivity contribution < 1.29 is 9.53 Å². The molecular formula is C20H15NO2S. The van der Waals surface area contributed by atoms with Crippen molar-refractivity contribution in [2.45, 2.75) is 13.5 Å². The third-order valence-corrected chi connectivity index (χ3v) is 4.56. The van der Waals surface area contributed by atoms with Gasteiger partial charge in [-0.25, -0.2) is 4.79 Å². The Hall–Kier alpha value is -2.90. The van der Waals surface area contributed by atoms with E-state index in [1.165, 1.54) is 16.9 Å². The van der Waals surface area contributed by atoms with Gasteiger partial charge in [-0.2, -0.15) is 5.26 Å². The highest BCUT2D eigenvalue weighted by atomic mass is 32.1. The lowest BCUT2D eigenvalue weighted by Crippen LogP contribution is -2.04. The maximum absolute atomic E-state index is 12.4. The summed E-state index contributed by atoms with van der Waals surface area (Å²) in [5.41, 5.74) is 4.52. The molecule has 0 amide bonds. The van der Waals surface area contributed by atoms with Gasteiger partial charge >= 0.3 is 5.97 Å². The standard InChI is InChI=1S/C20H15NO2S/c1-14-2-8-17(9-3-14)18-10-11-24-19(18)20(22)23-13-16-6-4-15(12-21)5-7-16/h2-11H,13H2,1H3. The topological polar surface area (TPSA) is 50.1 Å². The minimum Gasteiger partial charge on any atom is -0.457 e. The molecule has 3 nitrogen and oxygen atoms in total. The molecule has 0 radical (unpaired) electrons. The van der Waals surface area contributed by atoms with Crippen molar-refractivity contribution in [2.75, 3.05) is 0 Å². The molecule has 0 N–H and O–H groups in total. The van der Waals surface area contributed by atoms with Crippen LogP contribution in [0.4, 0.5) is 0 Å². The molecule has 0 aliphatic carbocycles. The Balaban J connectivity index is 1.73. The molecule has 0 saturated carbocycles. The van der Waals surface area contributed by atoms with Gasteiger partial charge in [-0.05, 0) is 41.6 Å². The van der Waals surface area contributed by atoms with Crippen molar-refractivity contribution >= 4 is 17.3 Å². The van der Waals surface area contributed by atoms with E-state index in [1.807, 2.05) is 42.6 Å². The van der Waals surface area contributed by atoms with Crippen LogP contribution in [0.3, 0.4) is 0 Å². The van der Waals surface area contributed by atoms with Gasteiger partial charge in [-0.15, -0.1) is 11.3 Å². The Kier molecular flexibility index (Phi) is 4.74. The molecule has 2 aromatic carbocycles. The van der Waals surface area contributed by atoms with E-state index in [0.29, 0.717) is 10.4 Å². The van der Waals surface area contributed by atoms with E-state index < -0.39 is 0 Å². The molecule has 118 valence electrons. The van der Waals surface area contributed by atoms with Gasteiger partial charge in [0.15, 0.2) is 0 Å². The number of nitrogens with zero attached hydrogens (tertiary/aromatic N) is 1. The van der Waals surface area contributed by atoms with Crippen molar-refractivity contribution in [3.8, 4) is 17.2 Å². The van der Waals surface area contributed by atoms with Crippen LogP contribution >= 0.6 is 11.3 Å². The molecular weight excluding hydrogens is 318 g/mol. The van der Waals surface area contributed by atoms with Gasteiger partial charge in [0.2, 0.25) is 0 Å². The number of benzene rings is 2. The highest BCUT2D eigenvalue weighted by molar-refractivity contribution is 7.12. The Morgan fingerprint density at radius 1 is 1.08 bits per heavy atom. The number of ether oxygens (including phenoxy) is 1. The molecule has 0 aliphatic heterocycles. The normalized spacial score (nSPS) is 10.2. The second kappa shape index (κ2) is 7.12. The highest BCUT2D eigenvalue weighted by Gasteiger charge is 2.16. The van der Waals surface area contributed by atoms with Crippen LogP contribution < -0.4 is 0 Å². The van der Waals surface area contributed by atoms with Gasteiger partial charge in [0.1, 0.15) is 11.5 Å². The van der Waals surface area contributed by atoms with Gasteiger partial charge in [-0.1, -0.05) is 42.0 Å². The monoisotopic (exact) mass is 333 g/mol. The number of hydrogen-bond acceptors (Lipinski definition) is 4. The maximum atomic E-state index is 12.4. The quantitative estimate of drug-likeness (QED) is 0.635. The molecule has 1 heterocycles. The molecule has 0 fully saturated rings. The van der Waals surface area contributed by atoms with Crippen LogP contribution in [0.5, 0.6) is 0 Å². The van der Waals surface area contributed by atoms with Gasteiger partial charge in [0, 0.05) is 5.56 Å². The van der Waals surface area contributed by atoms with Gasteiger partial charge in [0.05, 0.1) is 11.6 Å². The first-order valence-corrected chi connectivity index (χ1v) is 8.36. The van der Waals surface area contributed by atoms with E-state index in [4.69, 9.17) is 10.00 Å². The number of carbonyl (C=O) groups is 1. The molecule has 24 heavy (non-hydrogen) atoms. The largest absolute Gasteiger partial charge is 0.457 e. The summed E-state index contributed by atoms with van der Waals surface area (Å²) in [6.45, 7) is 2.22. The van der Waals surface area contributed by atoms with Crippen LogP contribution in [0.25, 0.3) is 11.1 Å². The summed E-state index contributed by atoms with van der Waals surface area (Å²) in [6.07, 6.45) is 0. The van der Waals surface area contributed by atoms with Gasteiger partial charge in [-0.3, -0.25) is 0 Å². The minimum absolute atomic E-state index is 0.190. The van der Waals surface area contributed by atoms with Crippen molar-refractivity contribution in [2.24, 2.45) is 0 Å². The summed E-state index contributed by atoms with van der Waals surface area (Å²) in [6, 6.07) is 19.1. The highest BCUT2D eigenvalue weighted by Crippen LogP contribution is 2.29. The van der Waals surface area contributed by atoms with Crippen LogP contribution in [0.15, 0.2) is 60.0 Å². The Bertz CT molecular complexity index is 887. The van der Waals surface area contributed by atoms with Crippen LogP contribution in [0, 0.1) is 18.3 Å². The molecule has 1 aromatic heterocycles. The number of rotatable bonds is 4. The van der Waals surface area contributed by atoms with Crippen LogP contribution in [-0.4, -0.2) is 5.97 Å². The van der Waals surface area contributed by atoms with Gasteiger partial charge < -0.3 is 4.74 Å². The molecule has 0 spiro atoms. The Labute approximate surface area is 144 Å². The van der Waals surface area contributed by atoms with E-state index in [2.05, 4.69) is 6.07 Å². The molecule has 0 bridgehead atoms. The first-order chi connectivity index (χ1) is 11.7. The van der Waals surface area contributed by atoms with E-state index in [1.54, 1.807) is 24.3 Å². The number of thiophene rings is 1. The average Bonchev–Trinajstić information content (AvgIpc) is 3.10. The lowest BCUT2D eigenvalue weighted by Gasteiger charge is -2.06. The van der Waals surface area contributed by atoms with Crippen molar-refractivity contribution in [1.29, 1.82) is 5.26 Å². The predicted molar refractivity (Wildman–Crippen MR) is 94.8 cm³/mol. The lowest BCUT2D eigenvalue weighted by molar-refractivity contribution is 0.0479. The third-order valence-electron chi connectivity index (χ3n) is 3.67. The number of carbonyl (C=O) groups excluding carboxylic acids is 1. The number of hydrogen-bond donors (Lipinski definition) is 0. The first-order valence-electron chi connectivity index (χ1n) is 7.48. The molecule has 3 rings (SSSR count). The summed E-state index contributed by atoms with van der Waals surface area (Å²) in [5, 5.41) is 10.7. The summed E-state index contributed by atoms with van der Waals surface area (Å²) in [7, 11) is 0. The SMILES string of the molecule is Cc1ccc(-c2ccsc2C(=O)OCc2ccc(C#N)cc2)cc1. The Morgan fingerprint density at radius 3 is 2.46 bits per heavy atom. The van der Waals surface area contributed by atoms with Crippen molar-refractivity contribution in [3.63, 3.8) is 0 Å². The predicted octanol–water partition coefficient (Wildman–Crippen LogP) is 4.95. The smallest absolute Gasteiger partial charge is 0.349 e. The second-order valence-corrected chi connectivity index (χ2v) is 6.33. The fourth-order valence-electron chi connectivity index (χ4n) is 2.32. The molecule has 4 heteroatoms. The molecule has 0 aliphatic rings. The fraction of sp³-hybridized carbons (Fsp3) is 0.100.